The zero-order valence-electron chi connectivity index (χ0n) is 20.3. The molecule has 4 rings (SSSR count). The predicted molar refractivity (Wildman–Crippen MR) is 128 cm³/mol. The third kappa shape index (κ3) is 3.58. The maximum Gasteiger partial charge on any atom is 0.0577 e. The minimum absolute atomic E-state index is 0.0932. The van der Waals surface area contributed by atoms with Crippen molar-refractivity contribution in [3.8, 4) is 0 Å². The van der Waals surface area contributed by atoms with E-state index in [4.69, 9.17) is 0 Å². The Bertz CT molecular complexity index is 716. The molecule has 9 atom stereocenters. The minimum Gasteiger partial charge on any atom is -0.393 e. The van der Waals surface area contributed by atoms with E-state index in [2.05, 4.69) is 59.4 Å². The lowest BCUT2D eigenvalue weighted by Gasteiger charge is -2.58. The van der Waals surface area contributed by atoms with E-state index in [0.717, 1.165) is 42.9 Å². The van der Waals surface area contributed by atoms with Crippen LogP contribution in [0.1, 0.15) is 92.4 Å². The average Bonchev–Trinajstić information content (AvgIpc) is 3.06. The smallest absolute Gasteiger partial charge is 0.0577 e. The molecule has 4 aliphatic carbocycles. The van der Waals surface area contributed by atoms with Gasteiger partial charge in [-0.05, 0) is 111 Å². The third-order valence-corrected chi connectivity index (χ3v) is 10.5. The van der Waals surface area contributed by atoms with Crippen molar-refractivity contribution in [2.75, 3.05) is 0 Å². The monoisotopic (exact) mass is 410 g/mol. The summed E-state index contributed by atoms with van der Waals surface area (Å²) >= 11 is 0. The highest BCUT2D eigenvalue weighted by Crippen LogP contribution is 2.67. The van der Waals surface area contributed by atoms with Crippen LogP contribution in [0, 0.1) is 46.3 Å². The van der Waals surface area contributed by atoms with Gasteiger partial charge in [0.15, 0.2) is 0 Å². The summed E-state index contributed by atoms with van der Waals surface area (Å²) in [4.78, 5) is 0. The van der Waals surface area contributed by atoms with E-state index >= 15 is 0 Å². The van der Waals surface area contributed by atoms with Gasteiger partial charge in [-0.1, -0.05) is 63.6 Å². The Balaban J connectivity index is 1.53. The van der Waals surface area contributed by atoms with Gasteiger partial charge in [0, 0.05) is 0 Å². The van der Waals surface area contributed by atoms with Crippen LogP contribution in [0.25, 0.3) is 0 Å². The Kier molecular flexibility index (Phi) is 6.17. The maximum atomic E-state index is 10.2. The van der Waals surface area contributed by atoms with E-state index in [1.54, 1.807) is 5.57 Å². The molecule has 0 heterocycles. The summed E-state index contributed by atoms with van der Waals surface area (Å²) in [5.41, 5.74) is 3.77. The van der Waals surface area contributed by atoms with E-state index in [0.29, 0.717) is 22.7 Å². The first-order valence-corrected chi connectivity index (χ1v) is 12.9. The third-order valence-electron chi connectivity index (χ3n) is 10.5. The van der Waals surface area contributed by atoms with Gasteiger partial charge in [-0.3, -0.25) is 0 Å². The number of fused-ring (bicyclic) bond motifs is 5. The van der Waals surface area contributed by atoms with Crippen LogP contribution < -0.4 is 0 Å². The molecule has 0 bridgehead atoms. The SMILES string of the molecule is C=C(C)[C@H](/C=C\[C@@H](C)[C@H]1CC[C@H]2[C@@H]3CC=C4C[C@@H](O)CC[C@]4(C)[C@H]3CC[C@]12C)CC. The van der Waals surface area contributed by atoms with Crippen molar-refractivity contribution < 1.29 is 5.11 Å². The minimum atomic E-state index is -0.0932. The molecule has 168 valence electrons. The highest BCUT2D eigenvalue weighted by atomic mass is 16.3. The standard InChI is InChI=1S/C29H46O/c1-7-21(19(2)3)9-8-20(4)25-12-13-26-24-11-10-22-18-23(30)14-16-28(22,5)27(24)15-17-29(25,26)6/h8-10,20-21,23-27,30H,2,7,11-18H2,1,3-6H3/b9-8-/t20-,21+,23+,24+,25-,26+,27+,28+,29-/m1/s1. The lowest BCUT2D eigenvalue weighted by molar-refractivity contribution is -0.0540. The zero-order chi connectivity index (χ0) is 21.7. The predicted octanol–water partition coefficient (Wildman–Crippen LogP) is 7.72. The van der Waals surface area contributed by atoms with Crippen molar-refractivity contribution >= 4 is 0 Å². The fourth-order valence-corrected chi connectivity index (χ4v) is 8.64. The van der Waals surface area contributed by atoms with Crippen LogP contribution in [0.2, 0.25) is 0 Å². The largest absolute Gasteiger partial charge is 0.393 e. The van der Waals surface area contributed by atoms with E-state index in [9.17, 15) is 5.11 Å². The highest BCUT2D eigenvalue weighted by Gasteiger charge is 2.58. The fraction of sp³-hybridized carbons (Fsp3) is 0.793. The van der Waals surface area contributed by atoms with Crippen molar-refractivity contribution in [3.63, 3.8) is 0 Å². The first-order chi connectivity index (χ1) is 14.2. The fourth-order valence-electron chi connectivity index (χ4n) is 8.64. The van der Waals surface area contributed by atoms with Crippen molar-refractivity contribution in [1.82, 2.24) is 0 Å². The van der Waals surface area contributed by atoms with Gasteiger partial charge < -0.3 is 5.11 Å². The normalized spacial score (nSPS) is 45.3. The Morgan fingerprint density at radius 2 is 1.93 bits per heavy atom. The van der Waals surface area contributed by atoms with Crippen molar-refractivity contribution in [2.45, 2.75) is 98.5 Å². The second-order valence-electron chi connectivity index (χ2n) is 12.0. The molecule has 3 fully saturated rings. The Morgan fingerprint density at radius 1 is 1.17 bits per heavy atom. The van der Waals surface area contributed by atoms with Crippen LogP contribution in [0.4, 0.5) is 0 Å². The molecule has 0 aromatic carbocycles. The summed E-state index contributed by atoms with van der Waals surface area (Å²) in [6, 6.07) is 0. The average molecular weight is 411 g/mol. The van der Waals surface area contributed by atoms with Gasteiger partial charge in [0.1, 0.15) is 0 Å². The molecular formula is C29H46O. The Morgan fingerprint density at radius 3 is 2.63 bits per heavy atom. The molecule has 0 aromatic heterocycles. The van der Waals surface area contributed by atoms with Crippen LogP contribution in [0.15, 0.2) is 36.0 Å². The van der Waals surface area contributed by atoms with Gasteiger partial charge in [0.25, 0.3) is 0 Å². The topological polar surface area (TPSA) is 20.2 Å². The van der Waals surface area contributed by atoms with Gasteiger partial charge in [-0.25, -0.2) is 0 Å². The van der Waals surface area contributed by atoms with Crippen molar-refractivity contribution in [3.05, 3.63) is 36.0 Å². The molecule has 0 unspecified atom stereocenters. The summed E-state index contributed by atoms with van der Waals surface area (Å²) in [5.74, 6) is 4.64. The van der Waals surface area contributed by atoms with Crippen LogP contribution in [0.3, 0.4) is 0 Å². The zero-order valence-corrected chi connectivity index (χ0v) is 20.3. The Labute approximate surface area is 186 Å². The maximum absolute atomic E-state index is 10.2. The number of allylic oxidation sites excluding steroid dienone is 4. The summed E-state index contributed by atoms with van der Waals surface area (Å²) in [6.45, 7) is 16.3. The van der Waals surface area contributed by atoms with Gasteiger partial charge in [0.05, 0.1) is 6.10 Å². The van der Waals surface area contributed by atoms with Crippen molar-refractivity contribution in [1.29, 1.82) is 0 Å². The van der Waals surface area contributed by atoms with E-state index in [1.165, 1.54) is 44.1 Å². The van der Waals surface area contributed by atoms with Gasteiger partial charge >= 0.3 is 0 Å². The second kappa shape index (κ2) is 8.27. The molecule has 1 heteroatoms. The van der Waals surface area contributed by atoms with Gasteiger partial charge in [-0.15, -0.1) is 0 Å². The lowest BCUT2D eigenvalue weighted by atomic mass is 9.47. The number of aliphatic hydroxyl groups excluding tert-OH is 1. The number of rotatable bonds is 5. The number of aliphatic hydroxyl groups is 1. The summed E-state index contributed by atoms with van der Waals surface area (Å²) in [5, 5.41) is 10.2. The molecular weight excluding hydrogens is 364 g/mol. The number of hydrogen-bond donors (Lipinski definition) is 1. The molecule has 1 nitrogen and oxygen atoms in total. The Hall–Kier alpha value is -0.820. The first-order valence-electron chi connectivity index (χ1n) is 12.9. The van der Waals surface area contributed by atoms with Gasteiger partial charge in [-0.2, -0.15) is 0 Å². The molecule has 3 saturated carbocycles. The highest BCUT2D eigenvalue weighted by molar-refractivity contribution is 5.25. The lowest BCUT2D eigenvalue weighted by Crippen LogP contribution is -2.50. The molecule has 0 aliphatic heterocycles. The van der Waals surface area contributed by atoms with Crippen LogP contribution in [-0.2, 0) is 0 Å². The van der Waals surface area contributed by atoms with Crippen LogP contribution in [-0.4, -0.2) is 11.2 Å². The molecule has 0 amide bonds. The van der Waals surface area contributed by atoms with Gasteiger partial charge in [0.2, 0.25) is 0 Å². The molecule has 0 aromatic rings. The van der Waals surface area contributed by atoms with E-state index in [1.807, 2.05) is 0 Å². The number of hydrogen-bond acceptors (Lipinski definition) is 1. The molecule has 0 saturated heterocycles. The second-order valence-corrected chi connectivity index (χ2v) is 12.0. The van der Waals surface area contributed by atoms with Crippen LogP contribution >= 0.6 is 0 Å². The molecule has 0 radical (unpaired) electrons. The van der Waals surface area contributed by atoms with Crippen molar-refractivity contribution in [2.24, 2.45) is 46.3 Å². The molecule has 1 N–H and O–H groups in total. The molecule has 4 aliphatic rings. The summed E-state index contributed by atoms with van der Waals surface area (Å²) < 4.78 is 0. The van der Waals surface area contributed by atoms with Crippen LogP contribution in [0.5, 0.6) is 0 Å². The first kappa shape index (κ1) is 22.4. The summed E-state index contributed by atoms with van der Waals surface area (Å²) in [6.07, 6.45) is 18.7. The van der Waals surface area contributed by atoms with E-state index < -0.39 is 0 Å². The molecule has 30 heavy (non-hydrogen) atoms. The summed E-state index contributed by atoms with van der Waals surface area (Å²) in [7, 11) is 0. The quantitative estimate of drug-likeness (QED) is 0.460. The molecule has 0 spiro atoms. The van der Waals surface area contributed by atoms with E-state index in [-0.39, 0.29) is 6.10 Å².